The molecule has 2 unspecified atom stereocenters. The van der Waals surface area contributed by atoms with Crippen LogP contribution in [0.5, 0.6) is 5.75 Å². The fourth-order valence-electron chi connectivity index (χ4n) is 2.75. The number of methoxy groups -OCH3 is 1. The second kappa shape index (κ2) is 5.74. The van der Waals surface area contributed by atoms with E-state index in [-0.39, 0.29) is 0 Å². The molecule has 1 aliphatic carbocycles. The van der Waals surface area contributed by atoms with Gasteiger partial charge in [-0.2, -0.15) is 5.10 Å². The standard InChI is InChI=1S/C14H25N3O/c1-5-15-13(10(3)11-7-8-11)14-12(18-4)9-16-17(14)6-2/h9-11,13,15H,5-8H2,1-4H3. The molecule has 4 heteroatoms. The van der Waals surface area contributed by atoms with Crippen molar-refractivity contribution in [3.8, 4) is 5.75 Å². The molecule has 2 atom stereocenters. The van der Waals surface area contributed by atoms with E-state index in [4.69, 9.17) is 4.74 Å². The highest BCUT2D eigenvalue weighted by molar-refractivity contribution is 5.29. The summed E-state index contributed by atoms with van der Waals surface area (Å²) in [6, 6.07) is 0.347. The Hall–Kier alpha value is -1.03. The first-order valence-corrected chi connectivity index (χ1v) is 7.05. The van der Waals surface area contributed by atoms with Crippen LogP contribution >= 0.6 is 0 Å². The minimum atomic E-state index is 0.347. The Morgan fingerprint density at radius 2 is 2.22 bits per heavy atom. The van der Waals surface area contributed by atoms with E-state index in [0.29, 0.717) is 12.0 Å². The molecule has 0 spiro atoms. The van der Waals surface area contributed by atoms with Crippen molar-refractivity contribution < 1.29 is 4.74 Å². The van der Waals surface area contributed by atoms with Crippen molar-refractivity contribution in [1.29, 1.82) is 0 Å². The zero-order valence-electron chi connectivity index (χ0n) is 11.9. The quantitative estimate of drug-likeness (QED) is 0.809. The van der Waals surface area contributed by atoms with E-state index in [2.05, 4.69) is 35.9 Å². The minimum absolute atomic E-state index is 0.347. The topological polar surface area (TPSA) is 39.1 Å². The first-order chi connectivity index (χ1) is 8.72. The summed E-state index contributed by atoms with van der Waals surface area (Å²) in [5, 5.41) is 8.04. The van der Waals surface area contributed by atoms with E-state index in [0.717, 1.165) is 24.8 Å². The highest BCUT2D eigenvalue weighted by Crippen LogP contribution is 2.44. The molecule has 0 amide bonds. The summed E-state index contributed by atoms with van der Waals surface area (Å²) in [6.45, 7) is 8.49. The first-order valence-electron chi connectivity index (χ1n) is 7.05. The van der Waals surface area contributed by atoms with Gasteiger partial charge in [-0.05, 0) is 38.1 Å². The van der Waals surface area contributed by atoms with Crippen LogP contribution in [0.1, 0.15) is 45.3 Å². The summed E-state index contributed by atoms with van der Waals surface area (Å²) < 4.78 is 7.54. The Bertz CT molecular complexity index is 363. The van der Waals surface area contributed by atoms with Crippen LogP contribution in [0.2, 0.25) is 0 Å². The molecule has 1 N–H and O–H groups in total. The second-order valence-corrected chi connectivity index (χ2v) is 5.15. The molecule has 0 aromatic carbocycles. The molecular weight excluding hydrogens is 226 g/mol. The molecular formula is C14H25N3O. The number of ether oxygens (including phenoxy) is 1. The predicted molar refractivity (Wildman–Crippen MR) is 72.8 cm³/mol. The number of aryl methyl sites for hydroxylation is 1. The third-order valence-electron chi connectivity index (χ3n) is 3.97. The van der Waals surface area contributed by atoms with Crippen molar-refractivity contribution in [2.24, 2.45) is 11.8 Å². The number of hydrogen-bond donors (Lipinski definition) is 1. The van der Waals surface area contributed by atoms with E-state index in [1.54, 1.807) is 7.11 Å². The maximum atomic E-state index is 5.48. The van der Waals surface area contributed by atoms with Crippen LogP contribution in [-0.2, 0) is 6.54 Å². The highest BCUT2D eigenvalue weighted by Gasteiger charge is 2.36. The van der Waals surface area contributed by atoms with Gasteiger partial charge in [-0.25, -0.2) is 0 Å². The number of rotatable bonds is 7. The fourth-order valence-corrected chi connectivity index (χ4v) is 2.75. The average Bonchev–Trinajstić information content (AvgIpc) is 3.15. The van der Waals surface area contributed by atoms with Crippen LogP contribution in [0.15, 0.2) is 6.20 Å². The van der Waals surface area contributed by atoms with Crippen molar-refractivity contribution in [3.05, 3.63) is 11.9 Å². The summed E-state index contributed by atoms with van der Waals surface area (Å²) in [4.78, 5) is 0. The van der Waals surface area contributed by atoms with E-state index < -0.39 is 0 Å². The summed E-state index contributed by atoms with van der Waals surface area (Å²) in [5.74, 6) is 2.41. The van der Waals surface area contributed by atoms with Crippen molar-refractivity contribution >= 4 is 0 Å². The van der Waals surface area contributed by atoms with E-state index in [9.17, 15) is 0 Å². The molecule has 0 radical (unpaired) electrons. The van der Waals surface area contributed by atoms with Gasteiger partial charge >= 0.3 is 0 Å². The lowest BCUT2D eigenvalue weighted by Crippen LogP contribution is -2.30. The molecule has 1 aromatic heterocycles. The lowest BCUT2D eigenvalue weighted by molar-refractivity contribution is 0.319. The minimum Gasteiger partial charge on any atom is -0.493 e. The molecule has 2 rings (SSSR count). The van der Waals surface area contributed by atoms with Gasteiger partial charge < -0.3 is 10.1 Å². The molecule has 0 bridgehead atoms. The zero-order chi connectivity index (χ0) is 13.1. The fraction of sp³-hybridized carbons (Fsp3) is 0.786. The smallest absolute Gasteiger partial charge is 0.161 e. The van der Waals surface area contributed by atoms with Crippen molar-refractivity contribution in [2.75, 3.05) is 13.7 Å². The molecule has 1 aliphatic rings. The first kappa shape index (κ1) is 13.4. The Kier molecular flexibility index (Phi) is 4.27. The van der Waals surface area contributed by atoms with E-state index >= 15 is 0 Å². The van der Waals surface area contributed by atoms with Gasteiger partial charge in [0.1, 0.15) is 0 Å². The van der Waals surface area contributed by atoms with Crippen LogP contribution < -0.4 is 10.1 Å². The SMILES string of the molecule is CCNC(c1c(OC)cnn1CC)C(C)C1CC1. The van der Waals surface area contributed by atoms with Gasteiger partial charge in [0.05, 0.1) is 25.0 Å². The maximum absolute atomic E-state index is 5.48. The largest absolute Gasteiger partial charge is 0.493 e. The average molecular weight is 251 g/mol. The lowest BCUT2D eigenvalue weighted by atomic mass is 9.93. The van der Waals surface area contributed by atoms with Gasteiger partial charge in [-0.3, -0.25) is 4.68 Å². The van der Waals surface area contributed by atoms with Crippen molar-refractivity contribution in [1.82, 2.24) is 15.1 Å². The Labute approximate surface area is 110 Å². The summed E-state index contributed by atoms with van der Waals surface area (Å²) in [6.07, 6.45) is 4.57. The monoisotopic (exact) mass is 251 g/mol. The van der Waals surface area contributed by atoms with Crippen LogP contribution in [0.25, 0.3) is 0 Å². The van der Waals surface area contributed by atoms with Crippen LogP contribution in [-0.4, -0.2) is 23.4 Å². The van der Waals surface area contributed by atoms with E-state index in [1.807, 2.05) is 6.20 Å². The number of nitrogens with zero attached hydrogens (tertiary/aromatic N) is 2. The molecule has 1 fully saturated rings. The summed E-state index contributed by atoms with van der Waals surface area (Å²) >= 11 is 0. The van der Waals surface area contributed by atoms with Crippen LogP contribution in [0, 0.1) is 11.8 Å². The normalized spacial score (nSPS) is 18.7. The second-order valence-electron chi connectivity index (χ2n) is 5.15. The molecule has 4 nitrogen and oxygen atoms in total. The van der Waals surface area contributed by atoms with Gasteiger partial charge in [0.15, 0.2) is 5.75 Å². The zero-order valence-corrected chi connectivity index (χ0v) is 11.9. The molecule has 102 valence electrons. The number of aromatic nitrogens is 2. The predicted octanol–water partition coefficient (Wildman–Crippen LogP) is 2.61. The summed E-state index contributed by atoms with van der Waals surface area (Å²) in [5.41, 5.74) is 1.21. The van der Waals surface area contributed by atoms with E-state index in [1.165, 1.54) is 18.5 Å². The molecule has 1 aromatic rings. The summed E-state index contributed by atoms with van der Waals surface area (Å²) in [7, 11) is 1.73. The highest BCUT2D eigenvalue weighted by atomic mass is 16.5. The molecule has 1 heterocycles. The molecule has 0 saturated heterocycles. The molecule has 18 heavy (non-hydrogen) atoms. The van der Waals surface area contributed by atoms with Gasteiger partial charge in [-0.15, -0.1) is 0 Å². The van der Waals surface area contributed by atoms with Crippen LogP contribution in [0.4, 0.5) is 0 Å². The maximum Gasteiger partial charge on any atom is 0.161 e. The van der Waals surface area contributed by atoms with Gasteiger partial charge in [0.25, 0.3) is 0 Å². The van der Waals surface area contributed by atoms with Gasteiger partial charge in [-0.1, -0.05) is 13.8 Å². The van der Waals surface area contributed by atoms with Gasteiger partial charge in [0, 0.05) is 6.54 Å². The lowest BCUT2D eigenvalue weighted by Gasteiger charge is -2.26. The number of nitrogens with one attached hydrogen (secondary N) is 1. The van der Waals surface area contributed by atoms with Gasteiger partial charge in [0.2, 0.25) is 0 Å². The molecule has 1 saturated carbocycles. The molecule has 0 aliphatic heterocycles. The third-order valence-corrected chi connectivity index (χ3v) is 3.97. The third kappa shape index (κ3) is 2.53. The Morgan fingerprint density at radius 1 is 1.50 bits per heavy atom. The van der Waals surface area contributed by atoms with Crippen molar-refractivity contribution in [2.45, 2.75) is 46.2 Å². The Balaban J connectivity index is 2.30. The number of hydrogen-bond acceptors (Lipinski definition) is 3. The van der Waals surface area contributed by atoms with Crippen molar-refractivity contribution in [3.63, 3.8) is 0 Å². The Morgan fingerprint density at radius 3 is 2.72 bits per heavy atom. The van der Waals surface area contributed by atoms with Crippen LogP contribution in [0.3, 0.4) is 0 Å².